The molecule has 1 aliphatic rings. The molecule has 0 amide bonds. The number of halogens is 2. The van der Waals surface area contributed by atoms with Gasteiger partial charge in [0.15, 0.2) is 0 Å². The Labute approximate surface area is 112 Å². The lowest BCUT2D eigenvalue weighted by atomic mass is 9.87. The second-order valence-corrected chi connectivity index (χ2v) is 5.38. The molecule has 1 saturated carbocycles. The molecule has 4 heteroatoms. The van der Waals surface area contributed by atoms with E-state index in [1.54, 1.807) is 18.2 Å². The van der Waals surface area contributed by atoms with E-state index in [0.29, 0.717) is 12.5 Å². The third-order valence-corrected chi connectivity index (χ3v) is 3.79. The van der Waals surface area contributed by atoms with Crippen molar-refractivity contribution >= 4 is 0 Å². The van der Waals surface area contributed by atoms with Gasteiger partial charge in [0.25, 0.3) is 5.92 Å². The van der Waals surface area contributed by atoms with Crippen molar-refractivity contribution in [2.24, 2.45) is 5.92 Å². The van der Waals surface area contributed by atoms with Gasteiger partial charge in [-0.15, -0.1) is 0 Å². The van der Waals surface area contributed by atoms with Gasteiger partial charge in [-0.25, -0.2) is 0 Å². The maximum atomic E-state index is 13.9. The highest BCUT2D eigenvalue weighted by Gasteiger charge is 2.31. The number of hydrogen-bond acceptors (Lipinski definition) is 2. The zero-order valence-electron chi connectivity index (χ0n) is 11.0. The lowest BCUT2D eigenvalue weighted by molar-refractivity contribution is -0.00471. The Hall–Kier alpha value is -1.00. The third-order valence-electron chi connectivity index (χ3n) is 3.79. The normalized spacial score (nSPS) is 24.4. The minimum Gasteiger partial charge on any atom is -0.393 e. The maximum absolute atomic E-state index is 13.9. The Bertz CT molecular complexity index is 375. The smallest absolute Gasteiger partial charge is 0.285 e. The fourth-order valence-corrected chi connectivity index (χ4v) is 2.57. The van der Waals surface area contributed by atoms with Crippen molar-refractivity contribution in [3.63, 3.8) is 0 Å². The summed E-state index contributed by atoms with van der Waals surface area (Å²) in [6.07, 6.45) is 3.24. The second kappa shape index (κ2) is 6.44. The number of benzene rings is 1. The number of hydrogen-bond donors (Lipinski definition) is 2. The quantitative estimate of drug-likeness (QED) is 0.861. The Morgan fingerprint density at radius 1 is 1.11 bits per heavy atom. The first-order chi connectivity index (χ1) is 9.08. The van der Waals surface area contributed by atoms with Gasteiger partial charge < -0.3 is 10.4 Å². The molecule has 0 radical (unpaired) electrons. The van der Waals surface area contributed by atoms with Crippen molar-refractivity contribution in [3.8, 4) is 0 Å². The fraction of sp³-hybridized carbons (Fsp3) is 0.600. The molecule has 1 fully saturated rings. The van der Waals surface area contributed by atoms with Gasteiger partial charge in [0, 0.05) is 5.56 Å². The molecule has 1 aliphatic carbocycles. The highest BCUT2D eigenvalue weighted by molar-refractivity contribution is 5.20. The van der Waals surface area contributed by atoms with Crippen LogP contribution in [0.5, 0.6) is 0 Å². The van der Waals surface area contributed by atoms with E-state index < -0.39 is 5.92 Å². The summed E-state index contributed by atoms with van der Waals surface area (Å²) in [5.41, 5.74) is 0.0570. The summed E-state index contributed by atoms with van der Waals surface area (Å²) in [4.78, 5) is 0. The molecule has 2 N–H and O–H groups in total. The van der Waals surface area contributed by atoms with Crippen LogP contribution in [0, 0.1) is 5.92 Å². The van der Waals surface area contributed by atoms with E-state index in [1.807, 2.05) is 0 Å². The van der Waals surface area contributed by atoms with Gasteiger partial charge >= 0.3 is 0 Å². The summed E-state index contributed by atoms with van der Waals surface area (Å²) < 4.78 is 27.7. The lowest BCUT2D eigenvalue weighted by Gasteiger charge is -2.26. The summed E-state index contributed by atoms with van der Waals surface area (Å²) in [5.74, 6) is -2.41. The fourth-order valence-electron chi connectivity index (χ4n) is 2.57. The van der Waals surface area contributed by atoms with Gasteiger partial charge in [0.1, 0.15) is 0 Å². The summed E-state index contributed by atoms with van der Waals surface area (Å²) in [6, 6.07) is 7.91. The number of alkyl halides is 2. The lowest BCUT2D eigenvalue weighted by Crippen LogP contribution is -2.35. The Kier molecular flexibility index (Phi) is 4.88. The zero-order valence-corrected chi connectivity index (χ0v) is 11.0. The average molecular weight is 269 g/mol. The van der Waals surface area contributed by atoms with Crippen LogP contribution in [0.15, 0.2) is 30.3 Å². The first kappa shape index (κ1) is 14.4. The van der Waals surface area contributed by atoms with E-state index >= 15 is 0 Å². The molecule has 0 spiro atoms. The highest BCUT2D eigenvalue weighted by atomic mass is 19.3. The first-order valence-electron chi connectivity index (χ1n) is 6.90. The first-order valence-corrected chi connectivity index (χ1v) is 6.90. The Balaban J connectivity index is 1.76. The Morgan fingerprint density at radius 3 is 2.37 bits per heavy atom. The van der Waals surface area contributed by atoms with Gasteiger partial charge in [-0.3, -0.25) is 0 Å². The van der Waals surface area contributed by atoms with Crippen LogP contribution in [0.4, 0.5) is 8.78 Å². The van der Waals surface area contributed by atoms with Gasteiger partial charge in [-0.2, -0.15) is 8.78 Å². The molecule has 0 saturated heterocycles. The molecule has 0 aliphatic heterocycles. The van der Waals surface area contributed by atoms with Crippen molar-refractivity contribution in [1.82, 2.24) is 5.32 Å². The molecular formula is C15H21F2NO. The van der Waals surface area contributed by atoms with Crippen LogP contribution in [0.25, 0.3) is 0 Å². The van der Waals surface area contributed by atoms with E-state index in [1.165, 1.54) is 12.1 Å². The molecule has 0 atom stereocenters. The minimum atomic E-state index is -2.82. The van der Waals surface area contributed by atoms with Crippen molar-refractivity contribution in [2.75, 3.05) is 13.1 Å². The number of nitrogens with one attached hydrogen (secondary N) is 1. The summed E-state index contributed by atoms with van der Waals surface area (Å²) >= 11 is 0. The highest BCUT2D eigenvalue weighted by Crippen LogP contribution is 2.27. The van der Waals surface area contributed by atoms with Gasteiger partial charge in [-0.1, -0.05) is 30.3 Å². The van der Waals surface area contributed by atoms with Crippen LogP contribution in [-0.2, 0) is 5.92 Å². The molecule has 0 bridgehead atoms. The minimum absolute atomic E-state index is 0.0570. The van der Waals surface area contributed by atoms with Crippen LogP contribution >= 0.6 is 0 Å². The Morgan fingerprint density at radius 2 is 1.74 bits per heavy atom. The second-order valence-electron chi connectivity index (χ2n) is 5.38. The monoisotopic (exact) mass is 269 g/mol. The summed E-state index contributed by atoms with van der Waals surface area (Å²) in [6.45, 7) is 0.283. The predicted molar refractivity (Wildman–Crippen MR) is 71.2 cm³/mol. The van der Waals surface area contributed by atoms with E-state index in [2.05, 4.69) is 5.32 Å². The molecule has 1 aromatic carbocycles. The topological polar surface area (TPSA) is 32.3 Å². The van der Waals surface area contributed by atoms with Crippen LogP contribution in [-0.4, -0.2) is 24.3 Å². The molecule has 1 aromatic rings. The zero-order chi connectivity index (χ0) is 13.7. The molecular weight excluding hydrogens is 248 g/mol. The van der Waals surface area contributed by atoms with Gasteiger partial charge in [0.2, 0.25) is 0 Å². The maximum Gasteiger partial charge on any atom is 0.285 e. The molecule has 106 valence electrons. The van der Waals surface area contributed by atoms with Crippen molar-refractivity contribution in [2.45, 2.75) is 37.7 Å². The molecule has 19 heavy (non-hydrogen) atoms. The molecule has 0 aromatic heterocycles. The predicted octanol–water partition coefficient (Wildman–Crippen LogP) is 2.92. The standard InChI is InChI=1S/C15H21F2NO/c16-15(17,13-4-2-1-3-5-13)11-18-10-12-6-8-14(19)9-7-12/h1-5,12,14,18-19H,6-11H2. The molecule has 0 unspecified atom stereocenters. The van der Waals surface area contributed by atoms with Crippen LogP contribution in [0.3, 0.4) is 0 Å². The number of aliphatic hydroxyl groups is 1. The molecule has 0 heterocycles. The average Bonchev–Trinajstić information content (AvgIpc) is 2.42. The van der Waals surface area contributed by atoms with Crippen molar-refractivity contribution in [1.29, 1.82) is 0 Å². The van der Waals surface area contributed by atoms with Crippen LogP contribution in [0.2, 0.25) is 0 Å². The van der Waals surface area contributed by atoms with E-state index in [4.69, 9.17) is 0 Å². The van der Waals surface area contributed by atoms with Crippen molar-refractivity contribution in [3.05, 3.63) is 35.9 Å². The van der Waals surface area contributed by atoms with E-state index in [-0.39, 0.29) is 18.2 Å². The number of aliphatic hydroxyl groups excluding tert-OH is 1. The van der Waals surface area contributed by atoms with Crippen LogP contribution in [0.1, 0.15) is 31.2 Å². The summed E-state index contributed by atoms with van der Waals surface area (Å²) in [7, 11) is 0. The summed E-state index contributed by atoms with van der Waals surface area (Å²) in [5, 5.41) is 12.3. The SMILES string of the molecule is OC1CCC(CNCC(F)(F)c2ccccc2)CC1. The molecule has 2 nitrogen and oxygen atoms in total. The van der Waals surface area contributed by atoms with E-state index in [9.17, 15) is 13.9 Å². The van der Waals surface area contributed by atoms with Crippen LogP contribution < -0.4 is 5.32 Å². The van der Waals surface area contributed by atoms with E-state index in [0.717, 1.165) is 25.7 Å². The largest absolute Gasteiger partial charge is 0.393 e. The number of rotatable bonds is 5. The van der Waals surface area contributed by atoms with Gasteiger partial charge in [0.05, 0.1) is 12.6 Å². The van der Waals surface area contributed by atoms with Crippen molar-refractivity contribution < 1.29 is 13.9 Å². The van der Waals surface area contributed by atoms with Gasteiger partial charge in [-0.05, 0) is 38.1 Å². The molecule has 2 rings (SSSR count). The third kappa shape index (κ3) is 4.25.